The molecule has 2 rings (SSSR count). The SMILES string of the molecule is FC(F)Oc1cccc2sn[c]c12. The molecule has 2 aromatic rings. The molecule has 0 N–H and O–H groups in total. The molecule has 0 aliphatic carbocycles. The molecule has 1 radical (unpaired) electrons. The molecule has 5 heteroatoms. The number of aromatic nitrogens is 1. The molecular formula is C8H4F2NOS. The van der Waals surface area contributed by atoms with Crippen LogP contribution in [0.4, 0.5) is 8.78 Å². The van der Waals surface area contributed by atoms with Crippen LogP contribution in [-0.4, -0.2) is 11.0 Å². The van der Waals surface area contributed by atoms with Gasteiger partial charge >= 0.3 is 6.61 Å². The van der Waals surface area contributed by atoms with Crippen LogP contribution in [0.5, 0.6) is 5.75 Å². The molecule has 0 saturated carbocycles. The number of nitrogens with zero attached hydrogens (tertiary/aromatic N) is 1. The van der Waals surface area contributed by atoms with Gasteiger partial charge in [-0.25, -0.2) is 0 Å². The van der Waals surface area contributed by atoms with Gasteiger partial charge in [-0.2, -0.15) is 13.2 Å². The van der Waals surface area contributed by atoms with Gasteiger partial charge in [0, 0.05) is 0 Å². The maximum Gasteiger partial charge on any atom is 0.387 e. The summed E-state index contributed by atoms with van der Waals surface area (Å²) in [5.41, 5.74) is 0. The third kappa shape index (κ3) is 1.60. The van der Waals surface area contributed by atoms with E-state index in [1.807, 2.05) is 0 Å². The third-order valence-corrected chi connectivity index (χ3v) is 2.22. The van der Waals surface area contributed by atoms with Crippen molar-refractivity contribution in [2.24, 2.45) is 0 Å². The lowest BCUT2D eigenvalue weighted by atomic mass is 10.2. The van der Waals surface area contributed by atoms with Gasteiger partial charge in [0.1, 0.15) is 11.9 Å². The second-order valence-electron chi connectivity index (χ2n) is 2.30. The zero-order valence-corrected chi connectivity index (χ0v) is 7.15. The fourth-order valence-corrected chi connectivity index (χ4v) is 1.62. The molecule has 67 valence electrons. The summed E-state index contributed by atoms with van der Waals surface area (Å²) in [6, 6.07) is 4.90. The highest BCUT2D eigenvalue weighted by Crippen LogP contribution is 2.28. The van der Waals surface area contributed by atoms with Gasteiger partial charge in [-0.1, -0.05) is 6.07 Å². The molecule has 1 aromatic carbocycles. The first-order chi connectivity index (χ1) is 6.27. The lowest BCUT2D eigenvalue weighted by Crippen LogP contribution is -2.01. The van der Waals surface area contributed by atoms with E-state index in [1.165, 1.54) is 17.6 Å². The lowest BCUT2D eigenvalue weighted by molar-refractivity contribution is -0.0487. The first-order valence-electron chi connectivity index (χ1n) is 3.48. The van der Waals surface area contributed by atoms with E-state index < -0.39 is 6.61 Å². The van der Waals surface area contributed by atoms with Crippen molar-refractivity contribution in [2.75, 3.05) is 0 Å². The van der Waals surface area contributed by atoms with E-state index in [1.54, 1.807) is 12.1 Å². The van der Waals surface area contributed by atoms with Crippen LogP contribution < -0.4 is 4.74 Å². The Morgan fingerprint density at radius 3 is 3.08 bits per heavy atom. The van der Waals surface area contributed by atoms with Crippen molar-refractivity contribution in [1.29, 1.82) is 0 Å². The molecule has 0 aliphatic heterocycles. The molecular weight excluding hydrogens is 196 g/mol. The average molecular weight is 200 g/mol. The van der Waals surface area contributed by atoms with Crippen LogP contribution in [0.15, 0.2) is 18.2 Å². The van der Waals surface area contributed by atoms with Gasteiger partial charge in [0.05, 0.1) is 10.1 Å². The fourth-order valence-electron chi connectivity index (χ4n) is 1.01. The van der Waals surface area contributed by atoms with Crippen molar-refractivity contribution in [3.8, 4) is 5.75 Å². The summed E-state index contributed by atoms with van der Waals surface area (Å²) in [5.74, 6) is 0.126. The highest BCUT2D eigenvalue weighted by molar-refractivity contribution is 7.13. The van der Waals surface area contributed by atoms with E-state index in [-0.39, 0.29) is 5.75 Å². The first-order valence-corrected chi connectivity index (χ1v) is 4.25. The second kappa shape index (κ2) is 3.26. The highest BCUT2D eigenvalue weighted by atomic mass is 32.1. The topological polar surface area (TPSA) is 22.1 Å². The van der Waals surface area contributed by atoms with Crippen LogP contribution in [0.1, 0.15) is 0 Å². The summed E-state index contributed by atoms with van der Waals surface area (Å²) in [5, 5.41) is 0.507. The monoisotopic (exact) mass is 200 g/mol. The number of benzene rings is 1. The van der Waals surface area contributed by atoms with Crippen molar-refractivity contribution in [2.45, 2.75) is 6.61 Å². The van der Waals surface area contributed by atoms with E-state index in [0.29, 0.717) is 5.39 Å². The molecule has 0 amide bonds. The van der Waals surface area contributed by atoms with Crippen molar-refractivity contribution in [1.82, 2.24) is 4.37 Å². The molecule has 0 aliphatic rings. The fraction of sp³-hybridized carbons (Fsp3) is 0.125. The summed E-state index contributed by atoms with van der Waals surface area (Å²) in [6.45, 7) is -2.81. The zero-order valence-electron chi connectivity index (χ0n) is 6.33. The Bertz CT molecular complexity index is 415. The van der Waals surface area contributed by atoms with Gasteiger partial charge in [0.2, 0.25) is 0 Å². The quantitative estimate of drug-likeness (QED) is 0.743. The van der Waals surface area contributed by atoms with Crippen molar-refractivity contribution in [3.05, 3.63) is 24.4 Å². The van der Waals surface area contributed by atoms with E-state index in [2.05, 4.69) is 15.3 Å². The molecule has 1 heterocycles. The smallest absolute Gasteiger partial charge is 0.387 e. The first kappa shape index (κ1) is 8.37. The van der Waals surface area contributed by atoms with Gasteiger partial charge < -0.3 is 4.74 Å². The van der Waals surface area contributed by atoms with Crippen molar-refractivity contribution >= 4 is 21.6 Å². The van der Waals surface area contributed by atoms with Gasteiger partial charge in [-0.15, -0.1) is 0 Å². The summed E-state index contributed by atoms with van der Waals surface area (Å²) >= 11 is 1.20. The summed E-state index contributed by atoms with van der Waals surface area (Å²) in [7, 11) is 0. The molecule has 0 atom stereocenters. The minimum atomic E-state index is -2.81. The molecule has 0 fully saturated rings. The van der Waals surface area contributed by atoms with Crippen LogP contribution in [0.2, 0.25) is 0 Å². The van der Waals surface area contributed by atoms with Crippen molar-refractivity contribution in [3.63, 3.8) is 0 Å². The molecule has 2 nitrogen and oxygen atoms in total. The molecule has 1 aromatic heterocycles. The van der Waals surface area contributed by atoms with Gasteiger partial charge in [-0.3, -0.25) is 0 Å². The lowest BCUT2D eigenvalue weighted by Gasteiger charge is -2.03. The molecule has 0 unspecified atom stereocenters. The summed E-state index contributed by atoms with van der Waals surface area (Å²) in [6.07, 6.45) is 2.60. The van der Waals surface area contributed by atoms with Crippen LogP contribution in [0.3, 0.4) is 0 Å². The number of hydrogen-bond donors (Lipinski definition) is 0. The Hall–Kier alpha value is -1.23. The number of ether oxygens (including phenoxy) is 1. The second-order valence-corrected chi connectivity index (χ2v) is 3.11. The Kier molecular flexibility index (Phi) is 2.10. The third-order valence-electron chi connectivity index (χ3n) is 1.51. The van der Waals surface area contributed by atoms with E-state index in [0.717, 1.165) is 4.70 Å². The zero-order chi connectivity index (χ0) is 9.26. The number of alkyl halides is 2. The number of rotatable bonds is 2. The van der Waals surface area contributed by atoms with E-state index in [4.69, 9.17) is 0 Å². The van der Waals surface area contributed by atoms with E-state index in [9.17, 15) is 8.78 Å². The number of fused-ring (bicyclic) bond motifs is 1. The molecule has 13 heavy (non-hydrogen) atoms. The average Bonchev–Trinajstić information content (AvgIpc) is 2.51. The van der Waals surface area contributed by atoms with E-state index >= 15 is 0 Å². The Labute approximate surface area is 76.9 Å². The summed E-state index contributed by atoms with van der Waals surface area (Å²) < 4.78 is 32.6. The van der Waals surface area contributed by atoms with Crippen LogP contribution >= 0.6 is 11.5 Å². The normalized spacial score (nSPS) is 11.0. The number of halogens is 2. The van der Waals surface area contributed by atoms with Gasteiger partial charge in [0.25, 0.3) is 0 Å². The standard InChI is InChI=1S/C8H4F2NOS/c9-8(10)12-6-2-1-3-7-5(6)4-11-13-7/h1-3,8H. The minimum absolute atomic E-state index is 0.126. The Morgan fingerprint density at radius 1 is 1.46 bits per heavy atom. The van der Waals surface area contributed by atoms with Crippen LogP contribution in [-0.2, 0) is 0 Å². The van der Waals surface area contributed by atoms with Crippen molar-refractivity contribution < 1.29 is 13.5 Å². The Balaban J connectivity index is 2.48. The Morgan fingerprint density at radius 2 is 2.31 bits per heavy atom. The maximum atomic E-state index is 11.9. The molecule has 0 bridgehead atoms. The number of hydrogen-bond acceptors (Lipinski definition) is 3. The predicted molar refractivity (Wildman–Crippen MR) is 45.1 cm³/mol. The summed E-state index contributed by atoms with van der Waals surface area (Å²) in [4.78, 5) is 0. The molecule has 0 spiro atoms. The van der Waals surface area contributed by atoms with Gasteiger partial charge in [-0.05, 0) is 23.7 Å². The largest absolute Gasteiger partial charge is 0.434 e. The highest BCUT2D eigenvalue weighted by Gasteiger charge is 2.09. The molecule has 0 saturated heterocycles. The minimum Gasteiger partial charge on any atom is -0.434 e. The van der Waals surface area contributed by atoms with Gasteiger partial charge in [0.15, 0.2) is 0 Å². The maximum absolute atomic E-state index is 11.9. The van der Waals surface area contributed by atoms with Crippen LogP contribution in [0, 0.1) is 6.20 Å². The van der Waals surface area contributed by atoms with Crippen LogP contribution in [0.25, 0.3) is 10.1 Å². The predicted octanol–water partition coefficient (Wildman–Crippen LogP) is 2.70.